The topological polar surface area (TPSA) is 66.4 Å². The minimum atomic E-state index is -3.15. The molecular formula is C11H16ClNO3S. The van der Waals surface area contributed by atoms with E-state index >= 15 is 0 Å². The van der Waals surface area contributed by atoms with Crippen molar-refractivity contribution in [1.82, 2.24) is 0 Å². The Morgan fingerprint density at radius 2 is 1.94 bits per heavy atom. The molecule has 17 heavy (non-hydrogen) atoms. The zero-order valence-corrected chi connectivity index (χ0v) is 11.1. The van der Waals surface area contributed by atoms with Gasteiger partial charge in [-0.1, -0.05) is 6.92 Å². The lowest BCUT2D eigenvalue weighted by atomic mass is 10.3. The molecule has 0 aliphatic rings. The van der Waals surface area contributed by atoms with Gasteiger partial charge in [-0.2, -0.15) is 0 Å². The van der Waals surface area contributed by atoms with Crippen molar-refractivity contribution in [3.63, 3.8) is 0 Å². The Morgan fingerprint density at radius 1 is 1.35 bits per heavy atom. The van der Waals surface area contributed by atoms with E-state index in [9.17, 15) is 13.5 Å². The minimum Gasteiger partial charge on any atom is -0.390 e. The lowest BCUT2D eigenvalue weighted by Gasteiger charge is -2.10. The molecular weight excluding hydrogens is 262 g/mol. The quantitative estimate of drug-likeness (QED) is 0.773. The van der Waals surface area contributed by atoms with E-state index in [2.05, 4.69) is 5.32 Å². The number of alkyl halides is 1. The highest BCUT2D eigenvalue weighted by Crippen LogP contribution is 2.15. The summed E-state index contributed by atoms with van der Waals surface area (Å²) in [6.07, 6.45) is -0.615. The van der Waals surface area contributed by atoms with Crippen molar-refractivity contribution in [2.24, 2.45) is 0 Å². The molecule has 4 nitrogen and oxygen atoms in total. The minimum absolute atomic E-state index is 0.0880. The van der Waals surface area contributed by atoms with Crippen LogP contribution in [0.1, 0.15) is 6.92 Å². The maximum Gasteiger partial charge on any atom is 0.178 e. The Morgan fingerprint density at radius 3 is 2.41 bits per heavy atom. The maximum atomic E-state index is 11.5. The third-order valence-electron chi connectivity index (χ3n) is 2.31. The van der Waals surface area contributed by atoms with Crippen LogP contribution in [0.3, 0.4) is 0 Å². The molecule has 0 aliphatic carbocycles. The predicted octanol–water partition coefficient (Wildman–Crippen LogP) is 1.49. The van der Waals surface area contributed by atoms with Gasteiger partial charge >= 0.3 is 0 Å². The Balaban J connectivity index is 2.69. The first-order chi connectivity index (χ1) is 7.99. The summed E-state index contributed by atoms with van der Waals surface area (Å²) in [7, 11) is -3.15. The van der Waals surface area contributed by atoms with Gasteiger partial charge in [0.05, 0.1) is 22.6 Å². The third kappa shape index (κ3) is 4.18. The van der Waals surface area contributed by atoms with E-state index < -0.39 is 15.9 Å². The molecule has 0 heterocycles. The van der Waals surface area contributed by atoms with Crippen LogP contribution in [0.25, 0.3) is 0 Å². The number of anilines is 1. The molecule has 1 rings (SSSR count). The molecule has 0 spiro atoms. The number of aliphatic hydroxyl groups excluding tert-OH is 1. The highest BCUT2D eigenvalue weighted by molar-refractivity contribution is 7.91. The first kappa shape index (κ1) is 14.3. The molecule has 96 valence electrons. The molecule has 1 aromatic carbocycles. The van der Waals surface area contributed by atoms with Crippen molar-refractivity contribution >= 4 is 27.1 Å². The lowest BCUT2D eigenvalue weighted by molar-refractivity contribution is 0.211. The van der Waals surface area contributed by atoms with Crippen molar-refractivity contribution in [1.29, 1.82) is 0 Å². The molecule has 2 N–H and O–H groups in total. The average molecular weight is 278 g/mol. The predicted molar refractivity (Wildman–Crippen MR) is 69.4 cm³/mol. The fourth-order valence-electron chi connectivity index (χ4n) is 1.24. The summed E-state index contributed by atoms with van der Waals surface area (Å²) in [5.41, 5.74) is 0.754. The molecule has 0 amide bonds. The van der Waals surface area contributed by atoms with Crippen molar-refractivity contribution in [2.45, 2.75) is 17.9 Å². The van der Waals surface area contributed by atoms with Crippen LogP contribution in [0.15, 0.2) is 29.2 Å². The van der Waals surface area contributed by atoms with Crippen LogP contribution in [0, 0.1) is 0 Å². The van der Waals surface area contributed by atoms with E-state index in [1.165, 1.54) is 0 Å². The van der Waals surface area contributed by atoms with Crippen LogP contribution in [-0.2, 0) is 9.84 Å². The normalized spacial score (nSPS) is 13.4. The SMILES string of the molecule is CCS(=O)(=O)c1ccc(NCC(O)CCl)cc1. The Hall–Kier alpha value is -0.780. The summed E-state index contributed by atoms with van der Waals surface area (Å²) in [5, 5.41) is 12.2. The van der Waals surface area contributed by atoms with Crippen LogP contribution in [0.2, 0.25) is 0 Å². The van der Waals surface area contributed by atoms with Crippen molar-refractivity contribution < 1.29 is 13.5 Å². The largest absolute Gasteiger partial charge is 0.390 e. The number of halogens is 1. The molecule has 0 radical (unpaired) electrons. The van der Waals surface area contributed by atoms with Crippen LogP contribution in [0.5, 0.6) is 0 Å². The lowest BCUT2D eigenvalue weighted by Crippen LogP contribution is -2.20. The number of aliphatic hydroxyl groups is 1. The standard InChI is InChI=1S/C11H16ClNO3S/c1-2-17(15,16)11-5-3-9(4-6-11)13-8-10(14)7-12/h3-6,10,13-14H,2,7-8H2,1H3. The molecule has 0 fully saturated rings. The van der Waals surface area contributed by atoms with E-state index in [4.69, 9.17) is 11.6 Å². The van der Waals surface area contributed by atoms with Crippen molar-refractivity contribution in [3.8, 4) is 0 Å². The van der Waals surface area contributed by atoms with Gasteiger partial charge in [0.25, 0.3) is 0 Å². The molecule has 6 heteroatoms. The maximum absolute atomic E-state index is 11.5. The summed E-state index contributed by atoms with van der Waals surface area (Å²) in [6, 6.07) is 6.44. The van der Waals surface area contributed by atoms with Gasteiger partial charge in [0.15, 0.2) is 9.84 Å². The van der Waals surface area contributed by atoms with Crippen LogP contribution < -0.4 is 5.32 Å². The number of hydrogen-bond donors (Lipinski definition) is 2. The molecule has 0 bridgehead atoms. The molecule has 0 aliphatic heterocycles. The van der Waals surface area contributed by atoms with Gasteiger partial charge < -0.3 is 10.4 Å². The van der Waals surface area contributed by atoms with E-state index in [0.29, 0.717) is 11.4 Å². The van der Waals surface area contributed by atoms with Gasteiger partial charge in [0.1, 0.15) is 0 Å². The number of sulfone groups is 1. The second kappa shape index (κ2) is 6.23. The fraction of sp³-hybridized carbons (Fsp3) is 0.455. The molecule has 1 unspecified atom stereocenters. The van der Waals surface area contributed by atoms with Crippen molar-refractivity contribution in [2.75, 3.05) is 23.5 Å². The fourth-order valence-corrected chi connectivity index (χ4v) is 2.23. The Kier molecular flexibility index (Phi) is 5.24. The van der Waals surface area contributed by atoms with Gasteiger partial charge in [-0.25, -0.2) is 8.42 Å². The summed E-state index contributed by atoms with van der Waals surface area (Å²) in [4.78, 5) is 0.309. The Labute approximate surface area is 107 Å². The number of rotatable bonds is 6. The first-order valence-electron chi connectivity index (χ1n) is 5.30. The summed E-state index contributed by atoms with van der Waals surface area (Å²) < 4.78 is 23.1. The summed E-state index contributed by atoms with van der Waals surface area (Å²) in [6.45, 7) is 1.95. The van der Waals surface area contributed by atoms with Crippen molar-refractivity contribution in [3.05, 3.63) is 24.3 Å². The molecule has 1 atom stereocenters. The second-order valence-electron chi connectivity index (χ2n) is 3.62. The Bertz CT molecular complexity index is 444. The highest BCUT2D eigenvalue weighted by atomic mass is 35.5. The molecule has 1 aromatic rings. The van der Waals surface area contributed by atoms with E-state index in [0.717, 1.165) is 5.69 Å². The van der Waals surface area contributed by atoms with Gasteiger partial charge in [-0.05, 0) is 24.3 Å². The summed E-state index contributed by atoms with van der Waals surface area (Å²) in [5.74, 6) is 0.250. The highest BCUT2D eigenvalue weighted by Gasteiger charge is 2.10. The smallest absolute Gasteiger partial charge is 0.178 e. The number of benzene rings is 1. The van der Waals surface area contributed by atoms with Crippen LogP contribution in [0.4, 0.5) is 5.69 Å². The van der Waals surface area contributed by atoms with Crippen LogP contribution in [-0.4, -0.2) is 37.8 Å². The van der Waals surface area contributed by atoms with E-state index in [-0.39, 0.29) is 11.6 Å². The van der Waals surface area contributed by atoms with Gasteiger partial charge in [-0.15, -0.1) is 11.6 Å². The average Bonchev–Trinajstić information content (AvgIpc) is 2.36. The second-order valence-corrected chi connectivity index (χ2v) is 6.20. The molecule has 0 aromatic heterocycles. The monoisotopic (exact) mass is 277 g/mol. The van der Waals surface area contributed by atoms with Gasteiger partial charge in [0.2, 0.25) is 0 Å². The summed E-state index contributed by atoms with van der Waals surface area (Å²) >= 11 is 5.45. The number of hydrogen-bond acceptors (Lipinski definition) is 4. The molecule has 0 saturated heterocycles. The number of nitrogens with one attached hydrogen (secondary N) is 1. The zero-order valence-electron chi connectivity index (χ0n) is 9.56. The molecule has 0 saturated carbocycles. The van der Waals surface area contributed by atoms with Crippen LogP contribution >= 0.6 is 11.6 Å². The van der Waals surface area contributed by atoms with Gasteiger partial charge in [0, 0.05) is 12.2 Å². The van der Waals surface area contributed by atoms with E-state index in [1.54, 1.807) is 31.2 Å². The van der Waals surface area contributed by atoms with Gasteiger partial charge in [-0.3, -0.25) is 0 Å². The first-order valence-corrected chi connectivity index (χ1v) is 7.49. The zero-order chi connectivity index (χ0) is 12.9. The van der Waals surface area contributed by atoms with E-state index in [1.807, 2.05) is 0 Å². The third-order valence-corrected chi connectivity index (χ3v) is 4.42.